The van der Waals surface area contributed by atoms with Crippen LogP contribution in [0.25, 0.3) is 10.8 Å². The van der Waals surface area contributed by atoms with Gasteiger partial charge in [-0.1, -0.05) is 24.3 Å². The molecule has 1 aliphatic heterocycles. The first-order valence-corrected chi connectivity index (χ1v) is 8.68. The number of rotatable bonds is 4. The zero-order valence-electron chi connectivity index (χ0n) is 14.8. The predicted molar refractivity (Wildman–Crippen MR) is 102 cm³/mol. The lowest BCUT2D eigenvalue weighted by Gasteiger charge is -2.19. The van der Waals surface area contributed by atoms with Crippen molar-refractivity contribution in [2.75, 3.05) is 25.1 Å². The fourth-order valence-corrected chi connectivity index (χ4v) is 2.92. The number of phenolic OH excluding ortho intramolecular Hbond substituents is 1. The smallest absolute Gasteiger partial charge is 0.342 e. The molecule has 142 valence electrons. The van der Waals surface area contributed by atoms with Gasteiger partial charge in [-0.25, -0.2) is 4.79 Å². The second-order valence-corrected chi connectivity index (χ2v) is 6.20. The highest BCUT2D eigenvalue weighted by Crippen LogP contribution is 2.32. The molecule has 2 N–H and O–H groups in total. The third kappa shape index (κ3) is 3.68. The minimum atomic E-state index is -0.777. The molecule has 0 fully saturated rings. The number of benzene rings is 3. The second kappa shape index (κ2) is 7.48. The zero-order chi connectivity index (χ0) is 19.5. The van der Waals surface area contributed by atoms with Gasteiger partial charge in [0.1, 0.15) is 24.5 Å². The Morgan fingerprint density at radius 2 is 1.68 bits per heavy atom. The van der Waals surface area contributed by atoms with Crippen LogP contribution in [0.1, 0.15) is 10.4 Å². The van der Waals surface area contributed by atoms with Crippen LogP contribution in [0.15, 0.2) is 54.6 Å². The fraction of sp³-hybridized carbons (Fsp3) is 0.143. The van der Waals surface area contributed by atoms with Crippen molar-refractivity contribution in [3.8, 4) is 17.2 Å². The average Bonchev–Trinajstić information content (AvgIpc) is 2.71. The Balaban J connectivity index is 1.39. The van der Waals surface area contributed by atoms with Crippen LogP contribution in [0, 0.1) is 0 Å². The molecule has 0 spiro atoms. The number of hydrogen-bond donors (Lipinski definition) is 2. The van der Waals surface area contributed by atoms with Crippen LogP contribution in [0.2, 0.25) is 0 Å². The monoisotopic (exact) mass is 379 g/mol. The molecule has 0 aliphatic carbocycles. The lowest BCUT2D eigenvalue weighted by Crippen LogP contribution is -2.21. The molecule has 7 heteroatoms. The first-order chi connectivity index (χ1) is 13.6. The summed E-state index contributed by atoms with van der Waals surface area (Å²) in [5.41, 5.74) is 0.504. The van der Waals surface area contributed by atoms with E-state index in [1.165, 1.54) is 12.1 Å². The van der Waals surface area contributed by atoms with E-state index in [2.05, 4.69) is 5.32 Å². The van der Waals surface area contributed by atoms with Crippen molar-refractivity contribution in [3.05, 3.63) is 60.2 Å². The molecule has 1 aliphatic rings. The highest BCUT2D eigenvalue weighted by Gasteiger charge is 2.17. The molecular formula is C21H17NO6. The number of nitrogens with one attached hydrogen (secondary N) is 1. The number of carbonyl (C=O) groups excluding carboxylic acids is 2. The highest BCUT2D eigenvalue weighted by molar-refractivity contribution is 6.00. The summed E-state index contributed by atoms with van der Waals surface area (Å²) in [6, 6.07) is 15.3. The van der Waals surface area contributed by atoms with Gasteiger partial charge >= 0.3 is 5.97 Å². The van der Waals surface area contributed by atoms with Crippen molar-refractivity contribution >= 4 is 28.3 Å². The molecule has 1 amide bonds. The lowest BCUT2D eigenvalue weighted by molar-refractivity contribution is -0.119. The Hall–Kier alpha value is -3.74. The molecule has 0 radical (unpaired) electrons. The minimum Gasteiger partial charge on any atom is -0.507 e. The van der Waals surface area contributed by atoms with E-state index in [-0.39, 0.29) is 11.3 Å². The molecule has 0 atom stereocenters. The van der Waals surface area contributed by atoms with Crippen LogP contribution < -0.4 is 14.8 Å². The summed E-state index contributed by atoms with van der Waals surface area (Å²) in [6.45, 7) is 0.438. The molecule has 28 heavy (non-hydrogen) atoms. The molecule has 0 saturated carbocycles. The predicted octanol–water partition coefficient (Wildman–Crippen LogP) is 3.11. The van der Waals surface area contributed by atoms with Gasteiger partial charge < -0.3 is 24.6 Å². The summed E-state index contributed by atoms with van der Waals surface area (Å²) >= 11 is 0. The van der Waals surface area contributed by atoms with Gasteiger partial charge in [0, 0.05) is 11.8 Å². The third-order valence-corrected chi connectivity index (χ3v) is 4.24. The van der Waals surface area contributed by atoms with Crippen LogP contribution in [0.3, 0.4) is 0 Å². The van der Waals surface area contributed by atoms with Gasteiger partial charge in [-0.2, -0.15) is 0 Å². The highest BCUT2D eigenvalue weighted by atomic mass is 16.6. The minimum absolute atomic E-state index is 0.00540. The summed E-state index contributed by atoms with van der Waals surface area (Å²) in [6.07, 6.45) is 0. The largest absolute Gasteiger partial charge is 0.507 e. The van der Waals surface area contributed by atoms with Gasteiger partial charge in [-0.15, -0.1) is 0 Å². The fourth-order valence-electron chi connectivity index (χ4n) is 2.92. The van der Waals surface area contributed by atoms with E-state index in [4.69, 9.17) is 14.2 Å². The number of esters is 1. The molecule has 0 bridgehead atoms. The van der Waals surface area contributed by atoms with Gasteiger partial charge in [-0.3, -0.25) is 4.79 Å². The Bertz CT molecular complexity index is 1060. The van der Waals surface area contributed by atoms with Crippen LogP contribution in [0.4, 0.5) is 5.69 Å². The topological polar surface area (TPSA) is 94.1 Å². The third-order valence-electron chi connectivity index (χ3n) is 4.24. The van der Waals surface area contributed by atoms with Crippen LogP contribution >= 0.6 is 0 Å². The van der Waals surface area contributed by atoms with Crippen molar-refractivity contribution in [3.63, 3.8) is 0 Å². The second-order valence-electron chi connectivity index (χ2n) is 6.20. The molecule has 7 nitrogen and oxygen atoms in total. The standard InChI is InChI=1S/C21H17NO6/c23-17-10-14-4-2-1-3-13(14)9-16(17)21(25)28-12-20(24)22-15-5-6-18-19(11-15)27-8-7-26-18/h1-6,9-11,23H,7-8,12H2,(H,22,24). The first kappa shape index (κ1) is 17.7. The Labute approximate surface area is 160 Å². The summed E-state index contributed by atoms with van der Waals surface area (Å²) in [7, 11) is 0. The van der Waals surface area contributed by atoms with Crippen molar-refractivity contribution in [1.29, 1.82) is 0 Å². The molecule has 1 heterocycles. The molecule has 0 unspecified atom stereocenters. The SMILES string of the molecule is O=C(COC(=O)c1cc2ccccc2cc1O)Nc1ccc2c(c1)OCCO2. The van der Waals surface area contributed by atoms with Crippen LogP contribution in [-0.2, 0) is 9.53 Å². The number of phenols is 1. The Morgan fingerprint density at radius 3 is 2.46 bits per heavy atom. The van der Waals surface area contributed by atoms with E-state index in [1.54, 1.807) is 18.2 Å². The van der Waals surface area contributed by atoms with E-state index >= 15 is 0 Å². The summed E-state index contributed by atoms with van der Waals surface area (Å²) in [5.74, 6) is -0.327. The lowest BCUT2D eigenvalue weighted by atomic mass is 10.1. The van der Waals surface area contributed by atoms with E-state index in [0.717, 1.165) is 10.8 Å². The number of amides is 1. The normalized spacial score (nSPS) is 12.4. The number of hydrogen-bond acceptors (Lipinski definition) is 6. The van der Waals surface area contributed by atoms with E-state index in [1.807, 2.05) is 24.3 Å². The van der Waals surface area contributed by atoms with Gasteiger partial charge in [-0.05, 0) is 35.0 Å². The van der Waals surface area contributed by atoms with Gasteiger partial charge in [0.05, 0.1) is 0 Å². The molecular weight excluding hydrogens is 362 g/mol. The quantitative estimate of drug-likeness (QED) is 0.677. The number of anilines is 1. The van der Waals surface area contributed by atoms with Crippen molar-refractivity contribution < 1.29 is 28.9 Å². The summed E-state index contributed by atoms with van der Waals surface area (Å²) in [5, 5.41) is 14.3. The number of aromatic hydroxyl groups is 1. The van der Waals surface area contributed by atoms with E-state index in [0.29, 0.717) is 30.4 Å². The van der Waals surface area contributed by atoms with E-state index < -0.39 is 18.5 Å². The number of carbonyl (C=O) groups is 2. The Kier molecular flexibility index (Phi) is 4.72. The maximum absolute atomic E-state index is 12.3. The summed E-state index contributed by atoms with van der Waals surface area (Å²) in [4.78, 5) is 24.3. The number of fused-ring (bicyclic) bond motifs is 2. The molecule has 4 rings (SSSR count). The van der Waals surface area contributed by atoms with E-state index in [9.17, 15) is 14.7 Å². The maximum Gasteiger partial charge on any atom is 0.342 e. The van der Waals surface area contributed by atoms with Crippen molar-refractivity contribution in [2.24, 2.45) is 0 Å². The van der Waals surface area contributed by atoms with Crippen LogP contribution in [-0.4, -0.2) is 36.8 Å². The van der Waals surface area contributed by atoms with Gasteiger partial charge in [0.2, 0.25) is 0 Å². The summed E-state index contributed by atoms with van der Waals surface area (Å²) < 4.78 is 15.9. The van der Waals surface area contributed by atoms with Crippen molar-refractivity contribution in [1.82, 2.24) is 0 Å². The maximum atomic E-state index is 12.3. The van der Waals surface area contributed by atoms with Crippen LogP contribution in [0.5, 0.6) is 17.2 Å². The van der Waals surface area contributed by atoms with Gasteiger partial charge in [0.15, 0.2) is 18.1 Å². The van der Waals surface area contributed by atoms with Gasteiger partial charge in [0.25, 0.3) is 5.91 Å². The molecule has 0 saturated heterocycles. The zero-order valence-corrected chi connectivity index (χ0v) is 14.8. The van der Waals surface area contributed by atoms with Crippen molar-refractivity contribution in [2.45, 2.75) is 0 Å². The molecule has 0 aromatic heterocycles. The molecule has 3 aromatic rings. The molecule has 3 aromatic carbocycles. The number of ether oxygens (including phenoxy) is 3. The Morgan fingerprint density at radius 1 is 0.964 bits per heavy atom. The average molecular weight is 379 g/mol. The first-order valence-electron chi connectivity index (χ1n) is 8.68.